The van der Waals surface area contributed by atoms with Gasteiger partial charge in [-0.15, -0.1) is 0 Å². The van der Waals surface area contributed by atoms with E-state index in [4.69, 9.17) is 0 Å². The van der Waals surface area contributed by atoms with Crippen molar-refractivity contribution in [3.8, 4) is 0 Å². The summed E-state index contributed by atoms with van der Waals surface area (Å²) >= 11 is 0. The van der Waals surface area contributed by atoms with Crippen LogP contribution in [-0.4, -0.2) is 47.4 Å². The van der Waals surface area contributed by atoms with Crippen molar-refractivity contribution in [2.75, 3.05) is 18.0 Å². The van der Waals surface area contributed by atoms with E-state index < -0.39 is 11.7 Å². The van der Waals surface area contributed by atoms with Crippen LogP contribution < -0.4 is 10.2 Å². The molecule has 0 unspecified atom stereocenters. The number of carbonyl (C=O) groups is 2. The number of benzene rings is 1. The lowest BCUT2D eigenvalue weighted by Crippen LogP contribution is -2.52. The van der Waals surface area contributed by atoms with E-state index in [0.29, 0.717) is 25.2 Å². The number of anilines is 1. The minimum absolute atomic E-state index is 0.0140. The van der Waals surface area contributed by atoms with Gasteiger partial charge in [-0.3, -0.25) is 9.59 Å². The first-order valence-corrected chi connectivity index (χ1v) is 11.5. The molecule has 2 atom stereocenters. The summed E-state index contributed by atoms with van der Waals surface area (Å²) in [6, 6.07) is 5.59. The highest BCUT2D eigenvalue weighted by atomic mass is 19.4. The number of nitrogens with one attached hydrogen (secondary N) is 1. The summed E-state index contributed by atoms with van der Waals surface area (Å²) in [6.07, 6.45) is 1.02. The molecular formula is C24H34F3N3O2. The van der Waals surface area contributed by atoms with Crippen molar-refractivity contribution < 1.29 is 22.8 Å². The van der Waals surface area contributed by atoms with Gasteiger partial charge >= 0.3 is 6.18 Å². The lowest BCUT2D eigenvalue weighted by atomic mass is 9.93. The minimum atomic E-state index is -4.38. The number of amides is 2. The first kappa shape index (κ1) is 24.4. The highest BCUT2D eigenvalue weighted by Gasteiger charge is 2.50. The van der Waals surface area contributed by atoms with E-state index in [-0.39, 0.29) is 29.4 Å². The minimum Gasteiger partial charge on any atom is -0.361 e. The number of rotatable bonds is 7. The van der Waals surface area contributed by atoms with Gasteiger partial charge in [-0.05, 0) is 64.2 Å². The van der Waals surface area contributed by atoms with Crippen molar-refractivity contribution in [3.05, 3.63) is 29.8 Å². The van der Waals surface area contributed by atoms with Crippen LogP contribution in [-0.2, 0) is 15.8 Å². The molecule has 2 amide bonds. The fraction of sp³-hybridized carbons (Fsp3) is 0.667. The maximum Gasteiger partial charge on any atom is 0.416 e. The Labute approximate surface area is 188 Å². The van der Waals surface area contributed by atoms with Crippen molar-refractivity contribution in [2.45, 2.75) is 89.5 Å². The van der Waals surface area contributed by atoms with E-state index >= 15 is 0 Å². The van der Waals surface area contributed by atoms with Gasteiger partial charge in [-0.2, -0.15) is 13.2 Å². The van der Waals surface area contributed by atoms with Gasteiger partial charge in [0.2, 0.25) is 11.8 Å². The molecule has 2 aliphatic rings. The van der Waals surface area contributed by atoms with Crippen LogP contribution in [0.5, 0.6) is 0 Å². The highest BCUT2D eigenvalue weighted by molar-refractivity contribution is 5.77. The number of alkyl halides is 3. The van der Waals surface area contributed by atoms with Crippen molar-refractivity contribution >= 4 is 17.5 Å². The highest BCUT2D eigenvalue weighted by Crippen LogP contribution is 2.45. The molecule has 0 aromatic heterocycles. The van der Waals surface area contributed by atoms with Crippen LogP contribution in [0, 0.1) is 0 Å². The monoisotopic (exact) mass is 453 g/mol. The quantitative estimate of drug-likeness (QED) is 0.606. The van der Waals surface area contributed by atoms with Crippen LogP contribution in [0.3, 0.4) is 0 Å². The average molecular weight is 454 g/mol. The van der Waals surface area contributed by atoms with Crippen molar-refractivity contribution in [2.24, 2.45) is 0 Å². The van der Waals surface area contributed by atoms with Crippen molar-refractivity contribution in [3.63, 3.8) is 0 Å². The van der Waals surface area contributed by atoms with Crippen molar-refractivity contribution in [1.82, 2.24) is 10.2 Å². The number of likely N-dealkylation sites (tertiary alicyclic amines) is 1. The van der Waals surface area contributed by atoms with Gasteiger partial charge in [0.1, 0.15) is 0 Å². The smallest absolute Gasteiger partial charge is 0.361 e. The van der Waals surface area contributed by atoms with Crippen LogP contribution >= 0.6 is 0 Å². The Morgan fingerprint density at radius 1 is 1.16 bits per heavy atom. The lowest BCUT2D eigenvalue weighted by Gasteiger charge is -2.42. The summed E-state index contributed by atoms with van der Waals surface area (Å²) in [5, 5.41) is 2.76. The van der Waals surface area contributed by atoms with Crippen LogP contribution in [0.25, 0.3) is 0 Å². The van der Waals surface area contributed by atoms with Crippen LogP contribution in [0.15, 0.2) is 24.3 Å². The Balaban J connectivity index is 1.68. The number of carbonyl (C=O) groups excluding carboxylic acids is 2. The number of hydrogen-bond donors (Lipinski definition) is 1. The first-order chi connectivity index (χ1) is 15.0. The van der Waals surface area contributed by atoms with E-state index in [2.05, 4.69) is 24.1 Å². The normalized spacial score (nSPS) is 22.6. The SMILES string of the molecule is CC(=O)NCCCCCC(=O)N1CCC[C@H]2[C@@H]1CC(C)(C)N2c1cccc(C(F)(F)F)c1. The van der Waals surface area contributed by atoms with Crippen LogP contribution in [0.1, 0.15) is 71.3 Å². The second-order valence-corrected chi connectivity index (χ2v) is 9.59. The molecule has 1 aromatic carbocycles. The maximum atomic E-state index is 13.3. The third-order valence-electron chi connectivity index (χ3n) is 6.65. The summed E-state index contributed by atoms with van der Waals surface area (Å²) < 4.78 is 39.9. The standard InChI is InChI=1S/C24H34F3N3O2/c1-17(31)28-13-6-4-5-12-22(32)29-14-8-11-20-21(29)16-23(2,3)30(20)19-10-7-9-18(15-19)24(25,26)27/h7,9-10,15,20-21H,4-6,8,11-14,16H2,1-3H3,(H,28,31)/t20-,21-/m0/s1. The Kier molecular flexibility index (Phi) is 7.40. The number of unbranched alkanes of at least 4 members (excludes halogenated alkanes) is 2. The van der Waals surface area contributed by atoms with E-state index in [1.165, 1.54) is 19.1 Å². The molecule has 2 fully saturated rings. The molecule has 0 spiro atoms. The Morgan fingerprint density at radius 3 is 2.59 bits per heavy atom. The summed E-state index contributed by atoms with van der Waals surface area (Å²) in [5.41, 5.74) is -0.414. The number of hydrogen-bond acceptors (Lipinski definition) is 3. The summed E-state index contributed by atoms with van der Waals surface area (Å²) in [4.78, 5) is 28.0. The Morgan fingerprint density at radius 2 is 1.91 bits per heavy atom. The third kappa shape index (κ3) is 5.56. The molecule has 2 saturated heterocycles. The third-order valence-corrected chi connectivity index (χ3v) is 6.65. The zero-order valence-electron chi connectivity index (χ0n) is 19.2. The average Bonchev–Trinajstić information content (AvgIpc) is 2.99. The van der Waals surface area contributed by atoms with E-state index in [1.54, 1.807) is 6.07 Å². The van der Waals surface area contributed by atoms with Crippen molar-refractivity contribution in [1.29, 1.82) is 0 Å². The van der Waals surface area contributed by atoms with Gasteiger partial charge in [-0.1, -0.05) is 12.5 Å². The van der Waals surface area contributed by atoms with E-state index in [0.717, 1.165) is 44.6 Å². The predicted octanol–water partition coefficient (Wildman–Crippen LogP) is 4.75. The van der Waals surface area contributed by atoms with Crippen LogP contribution in [0.2, 0.25) is 0 Å². The molecule has 1 N–H and O–H groups in total. The number of piperidine rings is 1. The zero-order chi connectivity index (χ0) is 23.5. The summed E-state index contributed by atoms with van der Waals surface area (Å²) in [7, 11) is 0. The van der Waals surface area contributed by atoms with Gasteiger partial charge in [0.15, 0.2) is 0 Å². The summed E-state index contributed by atoms with van der Waals surface area (Å²) in [5.74, 6) is 0.0792. The first-order valence-electron chi connectivity index (χ1n) is 11.5. The molecule has 0 aliphatic carbocycles. The molecule has 2 aliphatic heterocycles. The number of nitrogens with zero attached hydrogens (tertiary/aromatic N) is 2. The zero-order valence-corrected chi connectivity index (χ0v) is 19.2. The molecule has 0 radical (unpaired) electrons. The molecule has 8 heteroatoms. The second-order valence-electron chi connectivity index (χ2n) is 9.59. The van der Waals surface area contributed by atoms with Gasteiger partial charge in [0.25, 0.3) is 0 Å². The second kappa shape index (κ2) is 9.71. The molecule has 1 aromatic rings. The molecular weight excluding hydrogens is 419 g/mol. The van der Waals surface area contributed by atoms with Gasteiger partial charge < -0.3 is 15.1 Å². The molecule has 32 heavy (non-hydrogen) atoms. The molecule has 5 nitrogen and oxygen atoms in total. The lowest BCUT2D eigenvalue weighted by molar-refractivity contribution is -0.137. The van der Waals surface area contributed by atoms with Gasteiger partial charge in [0, 0.05) is 37.7 Å². The topological polar surface area (TPSA) is 52.7 Å². The summed E-state index contributed by atoms with van der Waals surface area (Å²) in [6.45, 7) is 6.92. The van der Waals surface area contributed by atoms with Gasteiger partial charge in [0.05, 0.1) is 17.6 Å². The molecule has 0 bridgehead atoms. The number of fused-ring (bicyclic) bond motifs is 1. The molecule has 2 heterocycles. The maximum absolute atomic E-state index is 13.3. The Hall–Kier alpha value is -2.25. The van der Waals surface area contributed by atoms with Gasteiger partial charge in [-0.25, -0.2) is 0 Å². The fourth-order valence-corrected chi connectivity index (χ4v) is 5.31. The number of halogens is 3. The fourth-order valence-electron chi connectivity index (χ4n) is 5.31. The van der Waals surface area contributed by atoms with Crippen LogP contribution in [0.4, 0.5) is 18.9 Å². The Bertz CT molecular complexity index is 825. The largest absolute Gasteiger partial charge is 0.416 e. The molecule has 0 saturated carbocycles. The van der Waals surface area contributed by atoms with E-state index in [9.17, 15) is 22.8 Å². The molecule has 178 valence electrons. The van der Waals surface area contributed by atoms with E-state index in [1.807, 2.05) is 4.90 Å². The molecule has 3 rings (SSSR count). The predicted molar refractivity (Wildman–Crippen MR) is 118 cm³/mol.